The van der Waals surface area contributed by atoms with E-state index in [2.05, 4.69) is 0 Å². The molecule has 2 heterocycles. The fourth-order valence-corrected chi connectivity index (χ4v) is 6.81. The van der Waals surface area contributed by atoms with Crippen molar-refractivity contribution in [3.63, 3.8) is 0 Å². The average molecular weight is 675 g/mol. The molecule has 18 nitrogen and oxygen atoms in total. The number of methoxy groups -OCH3 is 1. The highest BCUT2D eigenvalue weighted by atomic mass is 16.7. The van der Waals surface area contributed by atoms with Crippen LogP contribution in [-0.2, 0) is 28.4 Å². The van der Waals surface area contributed by atoms with Gasteiger partial charge in [-0.25, -0.2) is 0 Å². The van der Waals surface area contributed by atoms with Gasteiger partial charge in [-0.2, -0.15) is 0 Å². The average Bonchev–Trinajstić information content (AvgIpc) is 3.04. The predicted molar refractivity (Wildman–Crippen MR) is 149 cm³/mol. The van der Waals surface area contributed by atoms with E-state index in [1.54, 1.807) is 0 Å². The lowest BCUT2D eigenvalue weighted by Crippen LogP contribution is -2.64. The number of aliphatic hydroxyl groups is 12. The van der Waals surface area contributed by atoms with Crippen molar-refractivity contribution >= 4 is 0 Å². The molecule has 0 spiro atoms. The normalized spacial score (nSPS) is 52.0. The van der Waals surface area contributed by atoms with Crippen molar-refractivity contribution in [2.75, 3.05) is 33.5 Å². The molecule has 20 atom stereocenters. The first-order valence-electron chi connectivity index (χ1n) is 15.5. The van der Waals surface area contributed by atoms with E-state index in [9.17, 15) is 61.3 Å². The van der Waals surface area contributed by atoms with Crippen molar-refractivity contribution < 1.29 is 89.7 Å². The van der Waals surface area contributed by atoms with Crippen molar-refractivity contribution in [1.29, 1.82) is 0 Å². The van der Waals surface area contributed by atoms with Crippen molar-refractivity contribution in [1.82, 2.24) is 0 Å². The molecule has 270 valence electrons. The zero-order chi connectivity index (χ0) is 34.0. The second-order valence-electron chi connectivity index (χ2n) is 12.7. The summed E-state index contributed by atoms with van der Waals surface area (Å²) < 4.78 is 33.7. The van der Waals surface area contributed by atoms with Crippen LogP contribution >= 0.6 is 0 Å². The van der Waals surface area contributed by atoms with Gasteiger partial charge >= 0.3 is 0 Å². The number of rotatable bonds is 11. The highest BCUT2D eigenvalue weighted by Gasteiger charge is 2.53. The summed E-state index contributed by atoms with van der Waals surface area (Å²) in [5, 5.41) is 125. The SMILES string of the molecule is CO[C@@H]1C(O)[C@H](O[C@@H]2C(O)[C@H](O[C@@H]3C(O)C(C)OC(CO[C@@H]4OC(CO)[C@@H](O)[C@H](O)C4O)[C@H]3O)CC(CO)[C@H]2O)CC(CO)[C@H]1O. The Morgan fingerprint density at radius 1 is 0.543 bits per heavy atom. The summed E-state index contributed by atoms with van der Waals surface area (Å²) in [6.07, 6.45) is -25.1. The quantitative estimate of drug-likeness (QED) is 0.0969. The smallest absolute Gasteiger partial charge is 0.186 e. The summed E-state index contributed by atoms with van der Waals surface area (Å²) in [6.45, 7) is -0.658. The molecule has 0 amide bonds. The number of hydrogen-bond acceptors (Lipinski definition) is 18. The Kier molecular flexibility index (Phi) is 13.5. The van der Waals surface area contributed by atoms with E-state index in [-0.39, 0.29) is 12.8 Å². The van der Waals surface area contributed by atoms with Gasteiger partial charge in [0.2, 0.25) is 0 Å². The van der Waals surface area contributed by atoms with Crippen LogP contribution in [0.4, 0.5) is 0 Å². The topological polar surface area (TPSA) is 298 Å². The molecule has 2 aliphatic heterocycles. The molecule has 2 saturated carbocycles. The first-order chi connectivity index (χ1) is 21.8. The van der Waals surface area contributed by atoms with Crippen LogP contribution in [0.15, 0.2) is 0 Å². The van der Waals surface area contributed by atoms with Gasteiger partial charge < -0.3 is 89.7 Å². The maximum atomic E-state index is 11.3. The number of hydrogen-bond donors (Lipinski definition) is 12. The van der Waals surface area contributed by atoms with E-state index in [4.69, 9.17) is 28.4 Å². The number of ether oxygens (including phenoxy) is 6. The minimum atomic E-state index is -1.71. The first kappa shape index (κ1) is 38.1. The largest absolute Gasteiger partial charge is 0.396 e. The highest BCUT2D eigenvalue weighted by Crippen LogP contribution is 2.37. The standard InChI is InChI=1S/C28H50O18/c1-9-16(32)26(22(38)15(43-9)8-42-28-24(40)23(39)19(35)14(7-31)46-28)44-13-4-11(6-30)18(34)27(21(13)37)45-12-3-10(5-29)17(33)25(41-2)20(12)36/h9-40H,3-8H2,1-2H3/t9?,10?,11?,12-,13-,14?,15?,16?,17-,18-,19-,20?,21?,22-,23+,24?,25+,26-,27+,28-/m1/s1. The van der Waals surface area contributed by atoms with Crippen LogP contribution in [-0.4, -0.2) is 205 Å². The number of aliphatic hydroxyl groups excluding tert-OH is 12. The molecule has 46 heavy (non-hydrogen) atoms. The Morgan fingerprint density at radius 3 is 1.59 bits per heavy atom. The molecule has 0 radical (unpaired) electrons. The Hall–Kier alpha value is -0.720. The molecular formula is C28H50O18. The van der Waals surface area contributed by atoms with Gasteiger partial charge in [-0.15, -0.1) is 0 Å². The van der Waals surface area contributed by atoms with Crippen molar-refractivity contribution in [3.8, 4) is 0 Å². The molecule has 0 aromatic heterocycles. The summed E-state index contributed by atoms with van der Waals surface area (Å²) in [5.74, 6) is -1.64. The van der Waals surface area contributed by atoms with Gasteiger partial charge in [-0.05, 0) is 19.8 Å². The molecule has 0 aromatic rings. The summed E-state index contributed by atoms with van der Waals surface area (Å²) in [4.78, 5) is 0. The molecule has 4 aliphatic rings. The van der Waals surface area contributed by atoms with Gasteiger partial charge in [-0.1, -0.05) is 0 Å². The van der Waals surface area contributed by atoms with Crippen LogP contribution in [0.1, 0.15) is 19.8 Å². The van der Waals surface area contributed by atoms with Crippen LogP contribution < -0.4 is 0 Å². The third-order valence-corrected chi connectivity index (χ3v) is 9.75. The van der Waals surface area contributed by atoms with E-state index in [1.165, 1.54) is 14.0 Å². The third kappa shape index (κ3) is 7.69. The van der Waals surface area contributed by atoms with Gasteiger partial charge in [0, 0.05) is 32.2 Å². The van der Waals surface area contributed by atoms with Crippen LogP contribution in [0, 0.1) is 11.8 Å². The van der Waals surface area contributed by atoms with E-state index < -0.39 is 148 Å². The molecule has 0 bridgehead atoms. The second-order valence-corrected chi connectivity index (χ2v) is 12.7. The van der Waals surface area contributed by atoms with Gasteiger partial charge in [0.25, 0.3) is 0 Å². The van der Waals surface area contributed by atoms with Gasteiger partial charge in [0.1, 0.15) is 73.2 Å². The summed E-state index contributed by atoms with van der Waals surface area (Å²) in [6, 6.07) is 0. The maximum Gasteiger partial charge on any atom is 0.186 e. The van der Waals surface area contributed by atoms with E-state index in [0.717, 1.165) is 0 Å². The Balaban J connectivity index is 1.46. The lowest BCUT2D eigenvalue weighted by molar-refractivity contribution is -0.318. The molecule has 2 saturated heterocycles. The maximum absolute atomic E-state index is 11.3. The Morgan fingerprint density at radius 2 is 1.07 bits per heavy atom. The highest BCUT2D eigenvalue weighted by molar-refractivity contribution is 5.01. The van der Waals surface area contributed by atoms with Gasteiger partial charge in [0.05, 0.1) is 43.7 Å². The minimum Gasteiger partial charge on any atom is -0.396 e. The monoisotopic (exact) mass is 674 g/mol. The summed E-state index contributed by atoms with van der Waals surface area (Å²) in [7, 11) is 1.26. The zero-order valence-electron chi connectivity index (χ0n) is 25.6. The summed E-state index contributed by atoms with van der Waals surface area (Å²) in [5.41, 5.74) is 0. The van der Waals surface area contributed by atoms with E-state index >= 15 is 0 Å². The van der Waals surface area contributed by atoms with E-state index in [0.29, 0.717) is 0 Å². The lowest BCUT2D eigenvalue weighted by atomic mass is 9.78. The van der Waals surface area contributed by atoms with Crippen molar-refractivity contribution in [3.05, 3.63) is 0 Å². The molecular weight excluding hydrogens is 624 g/mol. The van der Waals surface area contributed by atoms with Gasteiger partial charge in [-0.3, -0.25) is 0 Å². The van der Waals surface area contributed by atoms with Crippen molar-refractivity contribution in [2.24, 2.45) is 11.8 Å². The van der Waals surface area contributed by atoms with Crippen LogP contribution in [0.5, 0.6) is 0 Å². The minimum absolute atomic E-state index is 0.0466. The second kappa shape index (κ2) is 16.3. The summed E-state index contributed by atoms with van der Waals surface area (Å²) >= 11 is 0. The lowest BCUT2D eigenvalue weighted by Gasteiger charge is -2.49. The fraction of sp³-hybridized carbons (Fsp3) is 1.00. The molecule has 9 unspecified atom stereocenters. The molecule has 12 N–H and O–H groups in total. The Labute approximate surface area is 265 Å². The van der Waals surface area contributed by atoms with Crippen LogP contribution in [0.3, 0.4) is 0 Å². The van der Waals surface area contributed by atoms with Crippen LogP contribution in [0.2, 0.25) is 0 Å². The zero-order valence-corrected chi connectivity index (χ0v) is 25.6. The van der Waals surface area contributed by atoms with E-state index in [1.807, 2.05) is 0 Å². The molecule has 18 heteroatoms. The predicted octanol–water partition coefficient (Wildman–Crippen LogP) is -6.70. The fourth-order valence-electron chi connectivity index (χ4n) is 6.81. The van der Waals surface area contributed by atoms with Gasteiger partial charge in [0.15, 0.2) is 6.29 Å². The van der Waals surface area contributed by atoms with Crippen LogP contribution in [0.25, 0.3) is 0 Å². The third-order valence-electron chi connectivity index (χ3n) is 9.75. The molecule has 4 fully saturated rings. The van der Waals surface area contributed by atoms with Crippen molar-refractivity contribution in [2.45, 2.75) is 130 Å². The molecule has 4 rings (SSSR count). The first-order valence-corrected chi connectivity index (χ1v) is 15.5. The molecule has 2 aliphatic carbocycles. The molecule has 0 aromatic carbocycles. The Bertz CT molecular complexity index is 931.